The minimum absolute atomic E-state index is 0.0208. The minimum atomic E-state index is -2.91. The summed E-state index contributed by atoms with van der Waals surface area (Å²) in [6.07, 6.45) is 5.32. The van der Waals surface area contributed by atoms with Crippen LogP contribution in [0, 0.1) is 0 Å². The zero-order chi connectivity index (χ0) is 44.2. The van der Waals surface area contributed by atoms with E-state index in [0.717, 1.165) is 34.5 Å². The summed E-state index contributed by atoms with van der Waals surface area (Å²) in [7, 11) is -2.91. The number of ether oxygens (including phenoxy) is 1. The van der Waals surface area contributed by atoms with Gasteiger partial charge in [0.1, 0.15) is 35.5 Å². The van der Waals surface area contributed by atoms with Gasteiger partial charge in [0.15, 0.2) is 5.78 Å². The van der Waals surface area contributed by atoms with Gasteiger partial charge in [0.25, 0.3) is 8.32 Å². The molecule has 0 unspecified atom stereocenters. The molecule has 0 saturated carbocycles. The molecule has 3 aromatic rings. The Balaban J connectivity index is 1.24. The molecule has 0 aliphatic carbocycles. The average molecular weight is 853 g/mol. The fourth-order valence-electron chi connectivity index (χ4n) is 8.56. The largest absolute Gasteiger partial charge is 0.494 e. The Morgan fingerprint density at radius 1 is 0.836 bits per heavy atom. The maximum atomic E-state index is 14.2. The van der Waals surface area contributed by atoms with Gasteiger partial charge < -0.3 is 30.0 Å². The van der Waals surface area contributed by atoms with Gasteiger partial charge >= 0.3 is 0 Å². The van der Waals surface area contributed by atoms with E-state index in [-0.39, 0.29) is 35.5 Å². The van der Waals surface area contributed by atoms with Crippen molar-refractivity contribution in [2.45, 2.75) is 154 Å². The Morgan fingerprint density at radius 3 is 2.07 bits per heavy atom. The number of nitrogens with zero attached hydrogens (tertiary/aromatic N) is 1. The lowest BCUT2D eigenvalue weighted by Crippen LogP contribution is -2.68. The Morgan fingerprint density at radius 2 is 1.48 bits per heavy atom. The number of rotatable bonds is 18. The van der Waals surface area contributed by atoms with Crippen molar-refractivity contribution in [2.24, 2.45) is 0 Å². The van der Waals surface area contributed by atoms with Gasteiger partial charge in [-0.15, -0.1) is 0 Å². The molecule has 2 fully saturated rings. The molecule has 2 saturated heterocycles. The lowest BCUT2D eigenvalue weighted by molar-refractivity contribution is -0.144. The topological polar surface area (TPSA) is 143 Å². The van der Waals surface area contributed by atoms with E-state index in [1.807, 2.05) is 67.6 Å². The molecule has 4 amide bonds. The van der Waals surface area contributed by atoms with Crippen molar-refractivity contribution < 1.29 is 33.1 Å². The molecule has 3 aromatic carbocycles. The van der Waals surface area contributed by atoms with Crippen LogP contribution in [0.3, 0.4) is 0 Å². The molecule has 0 radical (unpaired) electrons. The van der Waals surface area contributed by atoms with Crippen molar-refractivity contribution in [2.75, 3.05) is 13.2 Å². The van der Waals surface area contributed by atoms with Crippen molar-refractivity contribution in [3.05, 3.63) is 90.5 Å². The molecular weight excluding hydrogens is 785 g/mol. The second-order valence-corrected chi connectivity index (χ2v) is 22.2. The standard InChI is InChI=1S/C49H68N4O7Si/c1-8-10-33-59-37-30-28-36(29-31-37)34-41-46(57)53-32-20-26-42(53)45(56)50-40(44(55)52-49(7,9-2)47(58)51-41)25-18-13-19-27-43(54)35(3)60-61(48(4,5)6,38-21-14-11-15-22-38)39-23-16-12-17-24-39/h11-12,14-17,21-24,28-31,35,40-42H,8-10,13,18-20,25-27,32-34H2,1-7H3,(H,50,56)(H,51,58)(H,52,55)/t35-,40-,41-,42+,49-/m0/s1. The number of nitrogens with one attached hydrogen (secondary N) is 3. The van der Waals surface area contributed by atoms with Crippen LogP contribution in [0.1, 0.15) is 118 Å². The van der Waals surface area contributed by atoms with Gasteiger partial charge in [0, 0.05) is 19.4 Å². The molecule has 0 spiro atoms. The smallest absolute Gasteiger partial charge is 0.262 e. The molecule has 2 heterocycles. The summed E-state index contributed by atoms with van der Waals surface area (Å²) in [4.78, 5) is 71.5. The number of hydrogen-bond acceptors (Lipinski definition) is 7. The van der Waals surface area contributed by atoms with Crippen molar-refractivity contribution >= 4 is 48.1 Å². The van der Waals surface area contributed by atoms with Crippen LogP contribution in [-0.4, -0.2) is 85.5 Å². The minimum Gasteiger partial charge on any atom is -0.494 e. The Bertz CT molecular complexity index is 1900. The Kier molecular flexibility index (Phi) is 16.5. The highest BCUT2D eigenvalue weighted by Gasteiger charge is 2.51. The van der Waals surface area contributed by atoms with Gasteiger partial charge in [-0.3, -0.25) is 24.0 Å². The van der Waals surface area contributed by atoms with Gasteiger partial charge in [-0.1, -0.05) is 127 Å². The van der Waals surface area contributed by atoms with Crippen molar-refractivity contribution in [3.8, 4) is 5.75 Å². The fraction of sp³-hybridized carbons (Fsp3) is 0.531. The maximum Gasteiger partial charge on any atom is 0.262 e. The van der Waals surface area contributed by atoms with Crippen molar-refractivity contribution in [1.82, 2.24) is 20.9 Å². The number of benzene rings is 3. The zero-order valence-corrected chi connectivity index (χ0v) is 38.4. The third-order valence-electron chi connectivity index (χ3n) is 12.5. The highest BCUT2D eigenvalue weighted by Crippen LogP contribution is 2.38. The molecule has 2 aliphatic heterocycles. The summed E-state index contributed by atoms with van der Waals surface area (Å²) in [5, 5.41) is 10.8. The Hall–Kier alpha value is -4.81. The molecule has 61 heavy (non-hydrogen) atoms. The summed E-state index contributed by atoms with van der Waals surface area (Å²) in [6, 6.07) is 25.4. The molecule has 2 aliphatic rings. The van der Waals surface area contributed by atoms with E-state index >= 15 is 0 Å². The van der Waals surface area contributed by atoms with E-state index in [1.54, 1.807) is 18.7 Å². The number of ketones is 1. The molecular formula is C49H68N4O7Si. The predicted molar refractivity (Wildman–Crippen MR) is 242 cm³/mol. The average Bonchev–Trinajstić information content (AvgIpc) is 3.75. The lowest BCUT2D eigenvalue weighted by atomic mass is 9.94. The molecule has 0 aromatic heterocycles. The van der Waals surface area contributed by atoms with E-state index in [1.165, 1.54) is 0 Å². The number of unbranched alkanes of at least 4 members (excludes halogenated alkanes) is 3. The molecule has 3 N–H and O–H groups in total. The molecule has 11 nitrogen and oxygen atoms in total. The van der Waals surface area contributed by atoms with Gasteiger partial charge in [-0.2, -0.15) is 0 Å². The predicted octanol–water partition coefficient (Wildman–Crippen LogP) is 6.15. The van der Waals surface area contributed by atoms with Crippen LogP contribution >= 0.6 is 0 Å². The summed E-state index contributed by atoms with van der Waals surface area (Å²) < 4.78 is 12.8. The summed E-state index contributed by atoms with van der Waals surface area (Å²) >= 11 is 0. The number of amides is 4. The first-order valence-corrected chi connectivity index (χ1v) is 24.3. The second kappa shape index (κ2) is 21.3. The number of hydrogen-bond donors (Lipinski definition) is 3. The molecule has 5 atom stereocenters. The van der Waals surface area contributed by atoms with E-state index in [9.17, 15) is 24.0 Å². The van der Waals surface area contributed by atoms with Crippen LogP contribution in [-0.2, 0) is 34.8 Å². The van der Waals surface area contributed by atoms with Gasteiger partial charge in [0.2, 0.25) is 23.6 Å². The van der Waals surface area contributed by atoms with E-state index in [4.69, 9.17) is 9.16 Å². The number of fused-ring (bicyclic) bond motifs is 1. The van der Waals surface area contributed by atoms with Crippen LogP contribution in [0.5, 0.6) is 5.75 Å². The monoisotopic (exact) mass is 852 g/mol. The third kappa shape index (κ3) is 11.6. The van der Waals surface area contributed by atoms with E-state index < -0.39 is 49.9 Å². The molecule has 330 valence electrons. The first-order chi connectivity index (χ1) is 29.1. The van der Waals surface area contributed by atoms with Crippen molar-refractivity contribution in [3.63, 3.8) is 0 Å². The van der Waals surface area contributed by atoms with Crippen LogP contribution in [0.4, 0.5) is 0 Å². The SMILES string of the molecule is CCCCOc1ccc(C[C@@H]2NC(=O)[C@](C)(CC)NC(=O)[C@H](CCCCCC(=O)[C@H](C)O[Si](c3ccccc3)(c3ccccc3)C(C)(C)C)NC(=O)[C@H]3CCCN3C2=O)cc1. The van der Waals surface area contributed by atoms with Crippen LogP contribution in [0.25, 0.3) is 0 Å². The molecule has 12 heteroatoms. The van der Waals surface area contributed by atoms with Gasteiger partial charge in [0.05, 0.1) is 6.61 Å². The van der Waals surface area contributed by atoms with Crippen LogP contribution < -0.4 is 31.1 Å². The zero-order valence-electron chi connectivity index (χ0n) is 37.4. The van der Waals surface area contributed by atoms with Crippen LogP contribution in [0.2, 0.25) is 5.04 Å². The number of carbonyl (C=O) groups is 5. The first-order valence-electron chi connectivity index (χ1n) is 22.4. The van der Waals surface area contributed by atoms with Gasteiger partial charge in [-0.25, -0.2) is 0 Å². The normalized spacial score (nSPS) is 22.0. The lowest BCUT2D eigenvalue weighted by Gasteiger charge is -2.44. The van der Waals surface area contributed by atoms with E-state index in [2.05, 4.69) is 67.9 Å². The number of carbonyl (C=O) groups excluding carboxylic acids is 5. The van der Waals surface area contributed by atoms with Crippen LogP contribution in [0.15, 0.2) is 84.9 Å². The second-order valence-electron chi connectivity index (χ2n) is 18.0. The summed E-state index contributed by atoms with van der Waals surface area (Å²) in [6.45, 7) is 15.0. The first kappa shape index (κ1) is 47.2. The Labute approximate surface area is 364 Å². The highest BCUT2D eigenvalue weighted by atomic mass is 28.4. The third-order valence-corrected chi connectivity index (χ3v) is 17.6. The molecule has 0 bridgehead atoms. The maximum absolute atomic E-state index is 14.2. The van der Waals surface area contributed by atoms with Crippen molar-refractivity contribution in [1.29, 1.82) is 0 Å². The van der Waals surface area contributed by atoms with E-state index in [0.29, 0.717) is 58.1 Å². The highest BCUT2D eigenvalue weighted by molar-refractivity contribution is 6.99. The van der Waals surface area contributed by atoms with Gasteiger partial charge in [-0.05, 0) is 85.5 Å². The molecule has 5 rings (SSSR count). The quantitative estimate of drug-likeness (QED) is 0.103. The summed E-state index contributed by atoms with van der Waals surface area (Å²) in [5.74, 6) is -0.869. The number of Topliss-reactive ketones (excluding diaryl/α,β-unsaturated/α-hetero) is 1. The summed E-state index contributed by atoms with van der Waals surface area (Å²) in [5.41, 5.74) is -0.508. The fourth-order valence-corrected chi connectivity index (χ4v) is 13.2.